The summed E-state index contributed by atoms with van der Waals surface area (Å²) in [5.41, 5.74) is 0.638. The Morgan fingerprint density at radius 1 is 1.42 bits per heavy atom. The molecule has 1 unspecified atom stereocenters. The Morgan fingerprint density at radius 2 is 2.16 bits per heavy atom. The number of benzene rings is 1. The SMILES string of the molecule is N#Cc1ccc(NCC(O)CC2CCCC2)c(F)c1. The predicted molar refractivity (Wildman–Crippen MR) is 72.2 cm³/mol. The molecule has 1 aromatic carbocycles. The van der Waals surface area contributed by atoms with Crippen LogP contribution in [-0.4, -0.2) is 17.8 Å². The molecule has 3 nitrogen and oxygen atoms in total. The topological polar surface area (TPSA) is 56.0 Å². The van der Waals surface area contributed by atoms with E-state index in [9.17, 15) is 9.50 Å². The highest BCUT2D eigenvalue weighted by molar-refractivity contribution is 5.48. The summed E-state index contributed by atoms with van der Waals surface area (Å²) in [5.74, 6) is 0.162. The Bertz CT molecular complexity index is 464. The molecule has 1 aliphatic rings. The Hall–Kier alpha value is -1.60. The molecule has 0 heterocycles. The van der Waals surface area contributed by atoms with E-state index in [1.807, 2.05) is 6.07 Å². The second-order valence-electron chi connectivity index (χ2n) is 5.23. The van der Waals surface area contributed by atoms with Crippen LogP contribution in [-0.2, 0) is 0 Å². The maximum absolute atomic E-state index is 13.6. The van der Waals surface area contributed by atoms with Gasteiger partial charge in [-0.3, -0.25) is 0 Å². The van der Waals surface area contributed by atoms with E-state index in [2.05, 4.69) is 5.32 Å². The van der Waals surface area contributed by atoms with Gasteiger partial charge in [0.1, 0.15) is 5.82 Å². The van der Waals surface area contributed by atoms with Gasteiger partial charge < -0.3 is 10.4 Å². The van der Waals surface area contributed by atoms with Crippen molar-refractivity contribution in [3.63, 3.8) is 0 Å². The summed E-state index contributed by atoms with van der Waals surface area (Å²) in [4.78, 5) is 0. The Balaban J connectivity index is 1.82. The van der Waals surface area contributed by atoms with Gasteiger partial charge in [0.2, 0.25) is 0 Å². The van der Waals surface area contributed by atoms with Crippen LogP contribution >= 0.6 is 0 Å². The number of anilines is 1. The van der Waals surface area contributed by atoms with Gasteiger partial charge in [-0.15, -0.1) is 0 Å². The van der Waals surface area contributed by atoms with Crippen molar-refractivity contribution in [2.24, 2.45) is 5.92 Å². The first-order valence-electron chi connectivity index (χ1n) is 6.80. The van der Waals surface area contributed by atoms with Crippen LogP contribution in [0.3, 0.4) is 0 Å². The summed E-state index contributed by atoms with van der Waals surface area (Å²) in [6, 6.07) is 6.19. The standard InChI is InChI=1S/C15H19FN2O/c16-14-8-12(9-17)5-6-15(14)18-10-13(19)7-11-3-1-2-4-11/h5-6,8,11,13,18-19H,1-4,7,10H2. The molecule has 2 rings (SSSR count). The third-order valence-electron chi connectivity index (χ3n) is 3.71. The molecular weight excluding hydrogens is 243 g/mol. The lowest BCUT2D eigenvalue weighted by molar-refractivity contribution is 0.155. The van der Waals surface area contributed by atoms with Gasteiger partial charge in [0.05, 0.1) is 23.4 Å². The highest BCUT2D eigenvalue weighted by Gasteiger charge is 2.18. The molecule has 0 aromatic heterocycles. The average Bonchev–Trinajstić information content (AvgIpc) is 2.90. The van der Waals surface area contributed by atoms with Gasteiger partial charge >= 0.3 is 0 Å². The predicted octanol–water partition coefficient (Wildman–Crippen LogP) is 3.05. The quantitative estimate of drug-likeness (QED) is 0.857. The first kappa shape index (κ1) is 13.8. The first-order valence-corrected chi connectivity index (χ1v) is 6.80. The number of nitriles is 1. The van der Waals surface area contributed by atoms with Gasteiger partial charge in [0.25, 0.3) is 0 Å². The van der Waals surface area contributed by atoms with Crippen LogP contribution in [0, 0.1) is 23.1 Å². The summed E-state index contributed by atoms with van der Waals surface area (Å²) in [6.07, 6.45) is 5.25. The van der Waals surface area contributed by atoms with Crippen LogP contribution in [0.1, 0.15) is 37.7 Å². The van der Waals surface area contributed by atoms with Crippen molar-refractivity contribution in [1.29, 1.82) is 5.26 Å². The summed E-state index contributed by atoms with van der Waals surface area (Å²) >= 11 is 0. The van der Waals surface area contributed by atoms with E-state index in [4.69, 9.17) is 5.26 Å². The summed E-state index contributed by atoms with van der Waals surface area (Å²) in [7, 11) is 0. The molecular formula is C15H19FN2O. The second-order valence-corrected chi connectivity index (χ2v) is 5.23. The molecule has 1 fully saturated rings. The van der Waals surface area contributed by atoms with Crippen molar-refractivity contribution in [1.82, 2.24) is 0 Å². The molecule has 19 heavy (non-hydrogen) atoms. The summed E-state index contributed by atoms with van der Waals surface area (Å²) in [6.45, 7) is 0.347. The van der Waals surface area contributed by atoms with Gasteiger partial charge in [-0.05, 0) is 30.5 Å². The number of hydrogen-bond acceptors (Lipinski definition) is 3. The molecule has 1 saturated carbocycles. The minimum Gasteiger partial charge on any atom is -0.391 e. The van der Waals surface area contributed by atoms with E-state index >= 15 is 0 Å². The van der Waals surface area contributed by atoms with E-state index in [0.29, 0.717) is 23.7 Å². The smallest absolute Gasteiger partial charge is 0.147 e. The van der Waals surface area contributed by atoms with E-state index in [0.717, 1.165) is 6.42 Å². The molecule has 2 N–H and O–H groups in total. The molecule has 1 atom stereocenters. The highest BCUT2D eigenvalue weighted by atomic mass is 19.1. The molecule has 4 heteroatoms. The molecule has 1 aromatic rings. The van der Waals surface area contributed by atoms with Crippen LogP contribution in [0.5, 0.6) is 0 Å². The van der Waals surface area contributed by atoms with E-state index in [-0.39, 0.29) is 0 Å². The molecule has 0 aliphatic heterocycles. The number of nitrogens with zero attached hydrogens (tertiary/aromatic N) is 1. The molecule has 0 bridgehead atoms. The summed E-state index contributed by atoms with van der Waals surface area (Å²) in [5, 5.41) is 21.5. The number of hydrogen-bond donors (Lipinski definition) is 2. The largest absolute Gasteiger partial charge is 0.391 e. The Morgan fingerprint density at radius 3 is 2.79 bits per heavy atom. The van der Waals surface area contributed by atoms with Crippen LogP contribution in [0.2, 0.25) is 0 Å². The van der Waals surface area contributed by atoms with E-state index < -0.39 is 11.9 Å². The lowest BCUT2D eigenvalue weighted by Crippen LogP contribution is -2.22. The number of halogens is 1. The number of aliphatic hydroxyl groups is 1. The van der Waals surface area contributed by atoms with Gasteiger partial charge in [0.15, 0.2) is 0 Å². The average molecular weight is 262 g/mol. The van der Waals surface area contributed by atoms with Gasteiger partial charge in [0, 0.05) is 6.54 Å². The molecule has 102 valence electrons. The normalized spacial score (nSPS) is 17.1. The van der Waals surface area contributed by atoms with Crippen LogP contribution < -0.4 is 5.32 Å². The summed E-state index contributed by atoms with van der Waals surface area (Å²) < 4.78 is 13.6. The third kappa shape index (κ3) is 3.93. The molecule has 0 saturated heterocycles. The van der Waals surface area contributed by atoms with Crippen LogP contribution in [0.4, 0.5) is 10.1 Å². The van der Waals surface area contributed by atoms with E-state index in [1.165, 1.54) is 37.8 Å². The maximum Gasteiger partial charge on any atom is 0.147 e. The lowest BCUT2D eigenvalue weighted by Gasteiger charge is -2.16. The zero-order chi connectivity index (χ0) is 13.7. The Labute approximate surface area is 113 Å². The number of rotatable bonds is 5. The highest BCUT2D eigenvalue weighted by Crippen LogP contribution is 2.28. The van der Waals surface area contributed by atoms with E-state index in [1.54, 1.807) is 6.07 Å². The van der Waals surface area contributed by atoms with Gasteiger partial charge in [-0.1, -0.05) is 25.7 Å². The van der Waals surface area contributed by atoms with Crippen molar-refractivity contribution >= 4 is 5.69 Å². The zero-order valence-corrected chi connectivity index (χ0v) is 10.9. The third-order valence-corrected chi connectivity index (χ3v) is 3.71. The Kier molecular flexibility index (Phi) is 4.75. The van der Waals surface area contributed by atoms with Gasteiger partial charge in [-0.2, -0.15) is 5.26 Å². The van der Waals surface area contributed by atoms with Crippen molar-refractivity contribution in [2.45, 2.75) is 38.2 Å². The molecule has 1 aliphatic carbocycles. The fourth-order valence-corrected chi connectivity index (χ4v) is 2.67. The second kappa shape index (κ2) is 6.53. The molecule has 0 radical (unpaired) electrons. The van der Waals surface area contributed by atoms with Crippen molar-refractivity contribution in [2.75, 3.05) is 11.9 Å². The zero-order valence-electron chi connectivity index (χ0n) is 10.9. The molecule has 0 spiro atoms. The first-order chi connectivity index (χ1) is 9.19. The lowest BCUT2D eigenvalue weighted by atomic mass is 10.00. The monoisotopic (exact) mass is 262 g/mol. The van der Waals surface area contributed by atoms with Crippen LogP contribution in [0.15, 0.2) is 18.2 Å². The minimum absolute atomic E-state index is 0.301. The van der Waals surface area contributed by atoms with Crippen molar-refractivity contribution in [3.05, 3.63) is 29.6 Å². The van der Waals surface area contributed by atoms with Gasteiger partial charge in [-0.25, -0.2) is 4.39 Å². The number of aliphatic hydroxyl groups excluding tert-OH is 1. The van der Waals surface area contributed by atoms with Crippen LogP contribution in [0.25, 0.3) is 0 Å². The molecule has 0 amide bonds. The maximum atomic E-state index is 13.6. The van der Waals surface area contributed by atoms with Crippen molar-refractivity contribution in [3.8, 4) is 6.07 Å². The fraction of sp³-hybridized carbons (Fsp3) is 0.533. The van der Waals surface area contributed by atoms with Crippen molar-refractivity contribution < 1.29 is 9.50 Å². The number of nitrogens with one attached hydrogen (secondary N) is 1. The minimum atomic E-state index is -0.452. The fourth-order valence-electron chi connectivity index (χ4n) is 2.67.